The molecule has 4 nitrogen and oxygen atoms in total. The lowest BCUT2D eigenvalue weighted by Crippen LogP contribution is -2.14. The van der Waals surface area contributed by atoms with Crippen molar-refractivity contribution in [2.75, 3.05) is 6.61 Å². The van der Waals surface area contributed by atoms with Crippen LogP contribution < -0.4 is 0 Å². The van der Waals surface area contributed by atoms with Crippen molar-refractivity contribution >= 4 is 5.97 Å². The quantitative estimate of drug-likeness (QED) is 0.774. The number of carbonyl (C=O) groups is 1. The lowest BCUT2D eigenvalue weighted by Gasteiger charge is -2.09. The average Bonchev–Trinajstić information content (AvgIpc) is 2.79. The number of rotatable bonds is 5. The van der Waals surface area contributed by atoms with E-state index in [0.717, 1.165) is 24.2 Å². The second kappa shape index (κ2) is 6.18. The van der Waals surface area contributed by atoms with Gasteiger partial charge >= 0.3 is 5.97 Å². The molecule has 0 unspecified atom stereocenters. The van der Waals surface area contributed by atoms with Gasteiger partial charge in [0, 0.05) is 31.1 Å². The summed E-state index contributed by atoms with van der Waals surface area (Å²) in [5.74, 6) is -0.258. The first-order chi connectivity index (χ1) is 9.22. The minimum Gasteiger partial charge on any atom is -0.461 e. The SMILES string of the molecule is CCOC(=O)c1c(C)ccn1CCc1ccccn1. The standard InChI is InChI=1S/C15H18N2O2/c1-3-19-15(18)14-12(2)7-10-17(14)11-8-13-6-4-5-9-16-13/h4-7,9-10H,3,8,11H2,1-2H3. The van der Waals surface area contributed by atoms with Crippen LogP contribution >= 0.6 is 0 Å². The Kier molecular flexibility index (Phi) is 4.34. The van der Waals surface area contributed by atoms with Gasteiger partial charge in [-0.15, -0.1) is 0 Å². The van der Waals surface area contributed by atoms with Gasteiger partial charge in [0.15, 0.2) is 0 Å². The van der Waals surface area contributed by atoms with Crippen molar-refractivity contribution in [1.82, 2.24) is 9.55 Å². The van der Waals surface area contributed by atoms with Gasteiger partial charge in [-0.25, -0.2) is 4.79 Å². The number of hydrogen-bond donors (Lipinski definition) is 0. The first kappa shape index (κ1) is 13.3. The summed E-state index contributed by atoms with van der Waals surface area (Å²) >= 11 is 0. The van der Waals surface area contributed by atoms with Crippen molar-refractivity contribution in [2.24, 2.45) is 0 Å². The molecule has 0 aromatic carbocycles. The predicted octanol–water partition coefficient (Wildman–Crippen LogP) is 2.61. The summed E-state index contributed by atoms with van der Waals surface area (Å²) < 4.78 is 7.02. The number of aromatic nitrogens is 2. The maximum atomic E-state index is 11.9. The molecule has 2 heterocycles. The molecular formula is C15H18N2O2. The van der Waals surface area contributed by atoms with Crippen molar-refractivity contribution in [3.8, 4) is 0 Å². The van der Waals surface area contributed by atoms with Crippen LogP contribution in [0.4, 0.5) is 0 Å². The van der Waals surface area contributed by atoms with E-state index in [1.165, 1.54) is 0 Å². The van der Waals surface area contributed by atoms with Gasteiger partial charge in [-0.3, -0.25) is 4.98 Å². The number of hydrogen-bond acceptors (Lipinski definition) is 3. The minimum atomic E-state index is -0.258. The Morgan fingerprint density at radius 3 is 2.89 bits per heavy atom. The van der Waals surface area contributed by atoms with E-state index in [2.05, 4.69) is 4.98 Å². The van der Waals surface area contributed by atoms with Crippen LogP contribution in [0.15, 0.2) is 36.7 Å². The first-order valence-electron chi connectivity index (χ1n) is 6.45. The normalized spacial score (nSPS) is 10.4. The van der Waals surface area contributed by atoms with Gasteiger partial charge in [-0.2, -0.15) is 0 Å². The highest BCUT2D eigenvalue weighted by Gasteiger charge is 2.15. The van der Waals surface area contributed by atoms with Gasteiger partial charge in [-0.1, -0.05) is 6.07 Å². The maximum absolute atomic E-state index is 11.9. The molecule has 0 atom stereocenters. The molecule has 0 aliphatic rings. The second-order valence-electron chi connectivity index (χ2n) is 4.33. The molecule has 2 aromatic rings. The molecule has 19 heavy (non-hydrogen) atoms. The van der Waals surface area contributed by atoms with Gasteiger partial charge in [-0.05, 0) is 37.6 Å². The molecule has 0 aliphatic carbocycles. The van der Waals surface area contributed by atoms with Gasteiger partial charge in [0.05, 0.1) is 6.61 Å². The zero-order valence-electron chi connectivity index (χ0n) is 11.3. The van der Waals surface area contributed by atoms with Crippen LogP contribution in [0.5, 0.6) is 0 Å². The van der Waals surface area contributed by atoms with E-state index < -0.39 is 0 Å². The zero-order chi connectivity index (χ0) is 13.7. The number of carbonyl (C=O) groups excluding carboxylic acids is 1. The molecule has 0 saturated heterocycles. The summed E-state index contributed by atoms with van der Waals surface area (Å²) in [7, 11) is 0. The highest BCUT2D eigenvalue weighted by Crippen LogP contribution is 2.12. The molecule has 0 saturated carbocycles. The summed E-state index contributed by atoms with van der Waals surface area (Å²) in [5, 5.41) is 0. The van der Waals surface area contributed by atoms with Crippen LogP contribution in [0.2, 0.25) is 0 Å². The van der Waals surface area contributed by atoms with Crippen LogP contribution in [0.3, 0.4) is 0 Å². The lowest BCUT2D eigenvalue weighted by atomic mass is 10.2. The molecule has 2 rings (SSSR count). The topological polar surface area (TPSA) is 44.1 Å². The molecule has 0 bridgehead atoms. The predicted molar refractivity (Wildman–Crippen MR) is 73.1 cm³/mol. The minimum absolute atomic E-state index is 0.258. The number of pyridine rings is 1. The van der Waals surface area contributed by atoms with E-state index in [9.17, 15) is 4.79 Å². The second-order valence-corrected chi connectivity index (χ2v) is 4.33. The van der Waals surface area contributed by atoms with Crippen LogP contribution in [-0.2, 0) is 17.7 Å². The Hall–Kier alpha value is -2.10. The van der Waals surface area contributed by atoms with Crippen LogP contribution in [0.1, 0.15) is 28.7 Å². The van der Waals surface area contributed by atoms with Crippen molar-refractivity contribution in [3.05, 3.63) is 53.6 Å². The number of nitrogens with zero attached hydrogens (tertiary/aromatic N) is 2. The van der Waals surface area contributed by atoms with Crippen molar-refractivity contribution in [2.45, 2.75) is 26.8 Å². The third kappa shape index (κ3) is 3.22. The molecule has 100 valence electrons. The van der Waals surface area contributed by atoms with Gasteiger partial charge in [0.1, 0.15) is 5.69 Å². The van der Waals surface area contributed by atoms with E-state index in [-0.39, 0.29) is 5.97 Å². The fourth-order valence-electron chi connectivity index (χ4n) is 2.03. The summed E-state index contributed by atoms with van der Waals surface area (Å²) in [4.78, 5) is 16.2. The smallest absolute Gasteiger partial charge is 0.355 e. The molecule has 0 radical (unpaired) electrons. The number of ether oxygens (including phenoxy) is 1. The monoisotopic (exact) mass is 258 g/mol. The van der Waals surface area contributed by atoms with E-state index >= 15 is 0 Å². The largest absolute Gasteiger partial charge is 0.461 e. The molecule has 0 fully saturated rings. The lowest BCUT2D eigenvalue weighted by molar-refractivity contribution is 0.0513. The molecule has 4 heteroatoms. The fourth-order valence-corrected chi connectivity index (χ4v) is 2.03. The van der Waals surface area contributed by atoms with E-state index in [1.807, 2.05) is 48.9 Å². The zero-order valence-corrected chi connectivity index (χ0v) is 11.3. The van der Waals surface area contributed by atoms with Crippen LogP contribution in [0.25, 0.3) is 0 Å². The van der Waals surface area contributed by atoms with Gasteiger partial charge in [0.25, 0.3) is 0 Å². The summed E-state index contributed by atoms with van der Waals surface area (Å²) in [5.41, 5.74) is 2.60. The highest BCUT2D eigenvalue weighted by atomic mass is 16.5. The molecule has 0 amide bonds. The molecule has 0 aliphatic heterocycles. The molecule has 0 N–H and O–H groups in total. The van der Waals surface area contributed by atoms with E-state index in [0.29, 0.717) is 12.3 Å². The molecular weight excluding hydrogens is 240 g/mol. The number of aryl methyl sites for hydroxylation is 3. The Bertz CT molecular complexity index is 547. The van der Waals surface area contributed by atoms with Crippen molar-refractivity contribution in [1.29, 1.82) is 0 Å². The van der Waals surface area contributed by atoms with Gasteiger partial charge < -0.3 is 9.30 Å². The summed E-state index contributed by atoms with van der Waals surface area (Å²) in [6.07, 6.45) is 4.49. The van der Waals surface area contributed by atoms with Crippen molar-refractivity contribution < 1.29 is 9.53 Å². The maximum Gasteiger partial charge on any atom is 0.355 e. The highest BCUT2D eigenvalue weighted by molar-refractivity contribution is 5.89. The van der Waals surface area contributed by atoms with Gasteiger partial charge in [0.2, 0.25) is 0 Å². The third-order valence-electron chi connectivity index (χ3n) is 2.97. The molecule has 2 aromatic heterocycles. The Balaban J connectivity index is 2.11. The third-order valence-corrected chi connectivity index (χ3v) is 2.97. The average molecular weight is 258 g/mol. The van der Waals surface area contributed by atoms with E-state index in [4.69, 9.17) is 4.74 Å². The summed E-state index contributed by atoms with van der Waals surface area (Å²) in [6, 6.07) is 7.79. The number of esters is 1. The fraction of sp³-hybridized carbons (Fsp3) is 0.333. The Labute approximate surface area is 113 Å². The van der Waals surface area contributed by atoms with Crippen LogP contribution in [-0.4, -0.2) is 22.1 Å². The van der Waals surface area contributed by atoms with Crippen molar-refractivity contribution in [3.63, 3.8) is 0 Å². The summed E-state index contributed by atoms with van der Waals surface area (Å²) in [6.45, 7) is 4.85. The first-order valence-corrected chi connectivity index (χ1v) is 6.45. The Morgan fingerprint density at radius 1 is 1.37 bits per heavy atom. The molecule has 0 spiro atoms. The Morgan fingerprint density at radius 2 is 2.21 bits per heavy atom. The van der Waals surface area contributed by atoms with Crippen LogP contribution in [0, 0.1) is 6.92 Å². The van der Waals surface area contributed by atoms with E-state index in [1.54, 1.807) is 6.20 Å².